The number of hydrogen-bond acceptors (Lipinski definition) is 12. The number of rotatable bonds is 20. The Kier molecular flexibility index (Phi) is 14.0. The third-order valence-electron chi connectivity index (χ3n) is 10.6. The van der Waals surface area contributed by atoms with E-state index < -0.39 is 77.8 Å². The maximum Gasteiger partial charge on any atom is 0.327 e. The highest BCUT2D eigenvalue weighted by molar-refractivity contribution is 5.93. The minimum Gasteiger partial charge on any atom is -0.499 e. The quantitative estimate of drug-likeness (QED) is 0.0960. The molecule has 3 saturated heterocycles. The van der Waals surface area contributed by atoms with Crippen molar-refractivity contribution in [2.45, 2.75) is 160 Å². The summed E-state index contributed by atoms with van der Waals surface area (Å²) in [5.74, 6) is -2.40. The van der Waals surface area contributed by atoms with Gasteiger partial charge in [0.25, 0.3) is 0 Å². The highest BCUT2D eigenvalue weighted by Gasteiger charge is 2.76. The number of esters is 2. The summed E-state index contributed by atoms with van der Waals surface area (Å²) in [4.78, 5) is 48.3. The van der Waals surface area contributed by atoms with Gasteiger partial charge in [-0.05, 0) is 57.2 Å². The Morgan fingerprint density at radius 1 is 1.06 bits per heavy atom. The van der Waals surface area contributed by atoms with E-state index in [-0.39, 0.29) is 39.0 Å². The molecule has 4 fully saturated rings. The molecular formula is C40H60N2O11. The number of nitrogens with zero attached hydrogens (tertiary/aromatic N) is 1. The second-order valence-corrected chi connectivity index (χ2v) is 15.8. The smallest absolute Gasteiger partial charge is 0.327 e. The predicted octanol–water partition coefficient (Wildman–Crippen LogP) is 4.71. The molecule has 2 bridgehead atoms. The number of amides is 1. The molecule has 5 rings (SSSR count). The van der Waals surface area contributed by atoms with E-state index in [2.05, 4.69) is 19.2 Å². The lowest BCUT2D eigenvalue weighted by Crippen LogP contribution is -2.70. The lowest BCUT2D eigenvalue weighted by molar-refractivity contribution is -0.224. The summed E-state index contributed by atoms with van der Waals surface area (Å²) < 4.78 is 30.8. The van der Waals surface area contributed by atoms with Crippen LogP contribution in [-0.4, -0.2) is 101 Å². The van der Waals surface area contributed by atoms with Gasteiger partial charge in [0, 0.05) is 25.7 Å². The second-order valence-electron chi connectivity index (χ2n) is 15.8. The van der Waals surface area contributed by atoms with E-state index in [9.17, 15) is 19.5 Å². The number of hydroxylamine groups is 2. The molecule has 7 atom stereocenters. The first-order valence-electron chi connectivity index (χ1n) is 19.5. The molecule has 0 aromatic heterocycles. The Bertz CT molecular complexity index is 1420. The third-order valence-corrected chi connectivity index (χ3v) is 10.6. The van der Waals surface area contributed by atoms with Gasteiger partial charge in [0.05, 0.1) is 32.1 Å². The van der Waals surface area contributed by atoms with Crippen LogP contribution in [0.15, 0.2) is 30.5 Å². The van der Waals surface area contributed by atoms with Crippen LogP contribution in [0.25, 0.3) is 6.08 Å². The summed E-state index contributed by atoms with van der Waals surface area (Å²) in [5, 5.41) is 24.0. The summed E-state index contributed by atoms with van der Waals surface area (Å²) in [6.45, 7) is 9.39. The molecule has 1 aliphatic carbocycles. The fraction of sp³-hybridized carbons (Fsp3) is 0.725. The lowest BCUT2D eigenvalue weighted by Gasteiger charge is -2.49. The third kappa shape index (κ3) is 9.42. The lowest BCUT2D eigenvalue weighted by atomic mass is 9.62. The van der Waals surface area contributed by atoms with E-state index in [4.69, 9.17) is 33.6 Å². The molecule has 1 aromatic carbocycles. The Balaban J connectivity index is 1.48. The number of carbonyl (C=O) groups is 3. The van der Waals surface area contributed by atoms with Crippen LogP contribution in [0.5, 0.6) is 0 Å². The number of aliphatic hydroxyl groups excluding tert-OH is 2. The highest BCUT2D eigenvalue weighted by atomic mass is 16.8. The van der Waals surface area contributed by atoms with Crippen molar-refractivity contribution in [2.75, 3.05) is 19.8 Å². The fourth-order valence-corrected chi connectivity index (χ4v) is 8.16. The van der Waals surface area contributed by atoms with Gasteiger partial charge in [-0.1, -0.05) is 63.8 Å². The van der Waals surface area contributed by atoms with E-state index in [0.29, 0.717) is 12.8 Å². The van der Waals surface area contributed by atoms with Gasteiger partial charge in [0.2, 0.25) is 5.91 Å². The number of aliphatic hydroxyl groups is 2. The summed E-state index contributed by atoms with van der Waals surface area (Å²) in [5.41, 5.74) is -0.505. The number of benzene rings is 1. The van der Waals surface area contributed by atoms with Crippen LogP contribution in [-0.2, 0) is 49.5 Å². The van der Waals surface area contributed by atoms with Gasteiger partial charge in [-0.3, -0.25) is 19.2 Å². The van der Waals surface area contributed by atoms with Crippen molar-refractivity contribution < 1.29 is 53.1 Å². The van der Waals surface area contributed by atoms with Gasteiger partial charge in [-0.2, -0.15) is 5.06 Å². The molecule has 1 saturated carbocycles. The topological polar surface area (TPSA) is 162 Å². The monoisotopic (exact) mass is 744 g/mol. The van der Waals surface area contributed by atoms with Crippen LogP contribution in [0.2, 0.25) is 0 Å². The molecule has 1 amide bonds. The molecule has 3 heterocycles. The van der Waals surface area contributed by atoms with Crippen molar-refractivity contribution in [1.82, 2.24) is 10.4 Å². The number of hydrogen-bond donors (Lipinski definition) is 3. The van der Waals surface area contributed by atoms with Crippen molar-refractivity contribution in [3.05, 3.63) is 41.7 Å². The summed E-state index contributed by atoms with van der Waals surface area (Å²) in [7, 11) is 0. The van der Waals surface area contributed by atoms with Crippen LogP contribution in [0.3, 0.4) is 0 Å². The van der Waals surface area contributed by atoms with Gasteiger partial charge in [-0.25, -0.2) is 0 Å². The van der Waals surface area contributed by atoms with E-state index >= 15 is 0 Å². The number of fused-ring (bicyclic) bond motifs is 4. The molecule has 13 heteroatoms. The van der Waals surface area contributed by atoms with Crippen molar-refractivity contribution in [3.63, 3.8) is 0 Å². The Morgan fingerprint density at radius 2 is 1.75 bits per heavy atom. The van der Waals surface area contributed by atoms with Crippen LogP contribution >= 0.6 is 0 Å². The van der Waals surface area contributed by atoms with Crippen LogP contribution in [0.4, 0.5) is 0 Å². The molecule has 3 N–H and O–H groups in total. The van der Waals surface area contributed by atoms with Crippen molar-refractivity contribution in [3.8, 4) is 0 Å². The Hall–Kier alpha value is -3.07. The first kappa shape index (κ1) is 41.1. The highest BCUT2D eigenvalue weighted by Crippen LogP contribution is 2.58. The zero-order valence-electron chi connectivity index (χ0n) is 32.1. The number of ether oxygens (including phenoxy) is 5. The van der Waals surface area contributed by atoms with Gasteiger partial charge < -0.3 is 39.2 Å². The predicted molar refractivity (Wildman–Crippen MR) is 195 cm³/mol. The average molecular weight is 745 g/mol. The van der Waals surface area contributed by atoms with Crippen molar-refractivity contribution >= 4 is 23.9 Å². The van der Waals surface area contributed by atoms with Gasteiger partial charge in [-0.15, -0.1) is 0 Å². The Labute approximate surface area is 313 Å². The summed E-state index contributed by atoms with van der Waals surface area (Å²) in [6, 6.07) is 5.66. The standard InChI is InChI=1S/C40H60N2O11/c1-6-8-12-19-39(20-13-9-7-2)51-32-30-24-40(37(47)41-29(26-44)16-17-31(45)50-38(3,4)5)34(36(46)49-30)42(53-35(40)33(32)52-39)25-28-15-11-10-14-27(28)18-22-48-23-21-43/h10-11,14-15,18,22,29-30,32-35,43-44H,6-9,12-13,16-17,19-21,23-26H2,1-5H3,(H,41,47)/t29-,30+,32-,33-,34+,35+,40+/m0/s1. The number of nitrogens with one attached hydrogen (secondary N) is 1. The second kappa shape index (κ2) is 18.0. The van der Waals surface area contributed by atoms with Crippen LogP contribution in [0.1, 0.15) is 116 Å². The molecule has 0 radical (unpaired) electrons. The molecule has 1 aromatic rings. The molecule has 0 spiro atoms. The normalized spacial score (nSPS) is 28.1. The first-order valence-corrected chi connectivity index (χ1v) is 19.5. The van der Waals surface area contributed by atoms with Crippen molar-refractivity contribution in [2.24, 2.45) is 5.41 Å². The average Bonchev–Trinajstić information content (AvgIpc) is 3.67. The van der Waals surface area contributed by atoms with Gasteiger partial charge in [0.1, 0.15) is 42.0 Å². The summed E-state index contributed by atoms with van der Waals surface area (Å²) in [6.07, 6.45) is 7.82. The maximum absolute atomic E-state index is 14.8. The molecular weight excluding hydrogens is 684 g/mol. The molecule has 3 aliphatic heterocycles. The van der Waals surface area contributed by atoms with E-state index in [1.807, 2.05) is 24.3 Å². The first-order chi connectivity index (χ1) is 25.4. The molecule has 13 nitrogen and oxygen atoms in total. The van der Waals surface area contributed by atoms with Gasteiger partial charge in [0.15, 0.2) is 11.8 Å². The molecule has 0 unspecified atom stereocenters. The zero-order chi connectivity index (χ0) is 38.2. The van der Waals surface area contributed by atoms with Crippen molar-refractivity contribution in [1.29, 1.82) is 0 Å². The Morgan fingerprint density at radius 3 is 2.42 bits per heavy atom. The maximum atomic E-state index is 14.8. The van der Waals surface area contributed by atoms with E-state index in [0.717, 1.165) is 49.7 Å². The largest absolute Gasteiger partial charge is 0.499 e. The number of carbonyl (C=O) groups excluding carboxylic acids is 3. The van der Waals surface area contributed by atoms with E-state index in [1.54, 1.807) is 31.9 Å². The summed E-state index contributed by atoms with van der Waals surface area (Å²) >= 11 is 0. The minimum atomic E-state index is -1.44. The fourth-order valence-electron chi connectivity index (χ4n) is 8.16. The van der Waals surface area contributed by atoms with Gasteiger partial charge >= 0.3 is 11.9 Å². The SMILES string of the molecule is CCCCCC1(CCCCC)O[C@@H]2[C@H](O1)[C@H]1ON(Cc3ccccc3C=COCCO)[C@@H]3C(=O)O[C@@H]2C[C@]13C(=O)N[C@H](CO)CCC(=O)OC(C)(C)C. The van der Waals surface area contributed by atoms with Crippen LogP contribution in [0, 0.1) is 5.41 Å². The molecule has 53 heavy (non-hydrogen) atoms. The zero-order valence-corrected chi connectivity index (χ0v) is 32.1. The molecule has 4 aliphatic rings. The molecule has 296 valence electrons. The minimum absolute atomic E-state index is 0.0120. The number of unbranched alkanes of at least 4 members (excludes halogenated alkanes) is 4. The van der Waals surface area contributed by atoms with E-state index in [1.165, 1.54) is 6.26 Å². The van der Waals surface area contributed by atoms with Crippen LogP contribution < -0.4 is 5.32 Å².